The first kappa shape index (κ1) is 13.0. The van der Waals surface area contributed by atoms with Crippen molar-refractivity contribution < 1.29 is 4.79 Å². The largest absolute Gasteiger partial charge is 0.289 e. The number of carbonyl (C=O) groups is 1. The minimum atomic E-state index is -0.00338. The maximum absolute atomic E-state index is 11.9. The van der Waals surface area contributed by atoms with Crippen LogP contribution >= 0.6 is 33.4 Å². The molecular formula is C12H12ClNOS2. The van der Waals surface area contributed by atoms with E-state index in [0.717, 1.165) is 10.5 Å². The Labute approximate surface area is 114 Å². The molecule has 0 saturated heterocycles. The van der Waals surface area contributed by atoms with Gasteiger partial charge in [-0.2, -0.15) is 4.40 Å². The van der Waals surface area contributed by atoms with Crippen molar-refractivity contribution in [1.82, 2.24) is 0 Å². The molecule has 0 aromatic carbocycles. The summed E-state index contributed by atoms with van der Waals surface area (Å²) in [5.41, 5.74) is 1.80. The highest BCUT2D eigenvalue weighted by Gasteiger charge is 2.25. The average Bonchev–Trinajstić information content (AvgIpc) is 2.63. The first-order valence-corrected chi connectivity index (χ1v) is 7.64. The van der Waals surface area contributed by atoms with E-state index in [1.54, 1.807) is 6.08 Å². The second-order valence-electron chi connectivity index (χ2n) is 4.83. The number of halogens is 1. The van der Waals surface area contributed by atoms with Crippen molar-refractivity contribution in [3.05, 3.63) is 34.3 Å². The predicted octanol–water partition coefficient (Wildman–Crippen LogP) is 4.30. The van der Waals surface area contributed by atoms with Crippen LogP contribution in [0.2, 0.25) is 0 Å². The van der Waals surface area contributed by atoms with Gasteiger partial charge in [-0.1, -0.05) is 38.4 Å². The van der Waals surface area contributed by atoms with E-state index in [1.807, 2.05) is 12.2 Å². The average molecular weight is 286 g/mol. The molecule has 1 aliphatic carbocycles. The minimum Gasteiger partial charge on any atom is -0.289 e. The van der Waals surface area contributed by atoms with Gasteiger partial charge in [0.2, 0.25) is 0 Å². The quantitative estimate of drug-likeness (QED) is 0.377. The third-order valence-corrected chi connectivity index (χ3v) is 4.86. The maximum Gasteiger partial charge on any atom is 0.187 e. The smallest absolute Gasteiger partial charge is 0.187 e. The summed E-state index contributed by atoms with van der Waals surface area (Å²) >= 11 is 5.98. The third kappa shape index (κ3) is 2.69. The van der Waals surface area contributed by atoms with Gasteiger partial charge < -0.3 is 0 Å². The maximum atomic E-state index is 11.9. The van der Waals surface area contributed by atoms with E-state index in [0.29, 0.717) is 10.7 Å². The molecule has 2 nitrogen and oxygen atoms in total. The number of hydrogen-bond donors (Lipinski definition) is 0. The molecule has 0 N–H and O–H groups in total. The molecule has 1 aliphatic heterocycles. The van der Waals surface area contributed by atoms with Gasteiger partial charge in [0.05, 0.1) is 15.9 Å². The van der Waals surface area contributed by atoms with E-state index in [-0.39, 0.29) is 11.2 Å². The fourth-order valence-electron chi connectivity index (χ4n) is 1.49. The normalized spacial score (nSPS) is 25.1. The van der Waals surface area contributed by atoms with Gasteiger partial charge >= 0.3 is 0 Å². The zero-order valence-corrected chi connectivity index (χ0v) is 12.2. The predicted molar refractivity (Wildman–Crippen MR) is 77.2 cm³/mol. The lowest BCUT2D eigenvalue weighted by atomic mass is 9.82. The molecule has 0 aromatic heterocycles. The van der Waals surface area contributed by atoms with Gasteiger partial charge in [-0.3, -0.25) is 4.79 Å². The van der Waals surface area contributed by atoms with Crippen molar-refractivity contribution in [2.75, 3.05) is 0 Å². The highest BCUT2D eigenvalue weighted by atomic mass is 35.5. The van der Waals surface area contributed by atoms with Gasteiger partial charge in [-0.05, 0) is 33.9 Å². The lowest BCUT2D eigenvalue weighted by Crippen LogP contribution is -2.14. The van der Waals surface area contributed by atoms with Gasteiger partial charge in [-0.15, -0.1) is 0 Å². The number of nitrogens with zero attached hydrogens (tertiary/aromatic N) is 1. The Hall–Kier alpha value is -0.450. The Bertz CT molecular complexity index is 495. The van der Waals surface area contributed by atoms with Gasteiger partial charge in [0.25, 0.3) is 0 Å². The Kier molecular flexibility index (Phi) is 3.57. The first-order valence-electron chi connectivity index (χ1n) is 5.16. The molecule has 0 atom stereocenters. The summed E-state index contributed by atoms with van der Waals surface area (Å²) in [6.45, 7) is 6.36. The molecule has 1 heterocycles. The Morgan fingerprint density at radius 3 is 2.53 bits per heavy atom. The second kappa shape index (κ2) is 4.67. The van der Waals surface area contributed by atoms with Crippen LogP contribution in [0.15, 0.2) is 38.7 Å². The number of hydrogen-bond acceptors (Lipinski definition) is 4. The second-order valence-corrected chi connectivity index (χ2v) is 7.04. The van der Waals surface area contributed by atoms with Gasteiger partial charge in [0, 0.05) is 5.57 Å². The fraction of sp³-hybridized carbons (Fsp3) is 0.333. The molecule has 0 amide bonds. The molecule has 0 unspecified atom stereocenters. The molecule has 2 rings (SSSR count). The lowest BCUT2D eigenvalue weighted by molar-refractivity contribution is -0.111. The summed E-state index contributed by atoms with van der Waals surface area (Å²) in [6.07, 6.45) is 5.41. The molecule has 90 valence electrons. The van der Waals surface area contributed by atoms with Crippen molar-refractivity contribution in [3.63, 3.8) is 0 Å². The Morgan fingerprint density at radius 2 is 2.00 bits per heavy atom. The Balaban J connectivity index is 2.48. The van der Waals surface area contributed by atoms with Crippen LogP contribution in [-0.2, 0) is 4.79 Å². The van der Waals surface area contributed by atoms with Crippen LogP contribution in [0.3, 0.4) is 0 Å². The molecule has 0 aromatic rings. The van der Waals surface area contributed by atoms with Crippen molar-refractivity contribution in [1.29, 1.82) is 0 Å². The van der Waals surface area contributed by atoms with Crippen molar-refractivity contribution in [2.45, 2.75) is 20.8 Å². The van der Waals surface area contributed by atoms with Crippen molar-refractivity contribution in [2.24, 2.45) is 9.81 Å². The molecule has 0 bridgehead atoms. The van der Waals surface area contributed by atoms with E-state index in [1.165, 1.54) is 21.8 Å². The van der Waals surface area contributed by atoms with Crippen LogP contribution in [0, 0.1) is 5.41 Å². The van der Waals surface area contributed by atoms with Crippen LogP contribution in [-0.4, -0.2) is 11.0 Å². The number of ketones is 1. The summed E-state index contributed by atoms with van der Waals surface area (Å²) in [5.74, 6) is -0.00338. The summed E-state index contributed by atoms with van der Waals surface area (Å²) in [5, 5.41) is 0.420. The molecule has 5 heteroatoms. The van der Waals surface area contributed by atoms with Crippen LogP contribution < -0.4 is 0 Å². The zero-order chi connectivity index (χ0) is 12.6. The zero-order valence-electron chi connectivity index (χ0n) is 9.78. The van der Waals surface area contributed by atoms with Gasteiger partial charge in [0.1, 0.15) is 0 Å². The standard InChI is InChI=1S/C12H12ClNOS2/c1-12(2,3)7-4-5-9(15)8(6-7)10-11(13)14-17-16-10/h4-6H,1-3H3/b10-8-. The number of carbonyl (C=O) groups excluding carboxylic acids is 1. The highest BCUT2D eigenvalue weighted by molar-refractivity contribution is 8.78. The van der Waals surface area contributed by atoms with Crippen LogP contribution in [0.1, 0.15) is 20.8 Å². The molecule has 17 heavy (non-hydrogen) atoms. The molecular weight excluding hydrogens is 274 g/mol. The third-order valence-electron chi connectivity index (χ3n) is 2.52. The molecule has 0 radical (unpaired) electrons. The fourth-order valence-corrected chi connectivity index (χ4v) is 3.83. The lowest BCUT2D eigenvalue weighted by Gasteiger charge is -2.23. The van der Waals surface area contributed by atoms with Crippen molar-refractivity contribution in [3.8, 4) is 0 Å². The van der Waals surface area contributed by atoms with Gasteiger partial charge in [0.15, 0.2) is 11.0 Å². The Morgan fingerprint density at radius 1 is 1.29 bits per heavy atom. The highest BCUT2D eigenvalue weighted by Crippen LogP contribution is 2.44. The van der Waals surface area contributed by atoms with Crippen LogP contribution in [0.4, 0.5) is 0 Å². The SMILES string of the molecule is CC(C)(C)C1=C/C(=C2/SSN=C2Cl)C(=O)C=C1. The monoisotopic (exact) mass is 285 g/mol. The molecule has 0 fully saturated rings. The van der Waals surface area contributed by atoms with Crippen LogP contribution in [0.25, 0.3) is 0 Å². The molecule has 2 aliphatic rings. The van der Waals surface area contributed by atoms with E-state index >= 15 is 0 Å². The van der Waals surface area contributed by atoms with E-state index in [4.69, 9.17) is 11.6 Å². The number of allylic oxidation sites excluding steroid dienone is 6. The summed E-state index contributed by atoms with van der Waals surface area (Å²) in [4.78, 5) is 12.6. The van der Waals surface area contributed by atoms with Crippen molar-refractivity contribution >= 4 is 44.3 Å². The summed E-state index contributed by atoms with van der Waals surface area (Å²) < 4.78 is 4.01. The van der Waals surface area contributed by atoms with E-state index < -0.39 is 0 Å². The topological polar surface area (TPSA) is 29.4 Å². The first-order chi connectivity index (χ1) is 7.89. The molecule has 0 saturated carbocycles. The minimum absolute atomic E-state index is 0.00338. The number of rotatable bonds is 0. The summed E-state index contributed by atoms with van der Waals surface area (Å²) in [7, 11) is 2.74. The van der Waals surface area contributed by atoms with Gasteiger partial charge in [-0.25, -0.2) is 0 Å². The van der Waals surface area contributed by atoms with Crippen LogP contribution in [0.5, 0.6) is 0 Å². The summed E-state index contributed by atoms with van der Waals surface area (Å²) in [6, 6.07) is 0. The molecule has 0 spiro atoms. The van der Waals surface area contributed by atoms with E-state index in [9.17, 15) is 4.79 Å². The van der Waals surface area contributed by atoms with E-state index in [2.05, 4.69) is 25.2 Å².